The Morgan fingerprint density at radius 1 is 1.00 bits per heavy atom. The summed E-state index contributed by atoms with van der Waals surface area (Å²) in [6.07, 6.45) is 0. The minimum Gasteiger partial charge on any atom is -0.397 e. The number of nitrogens with two attached hydrogens (primary N) is 1. The minimum absolute atomic E-state index is 0.0846. The highest BCUT2D eigenvalue weighted by Crippen LogP contribution is 2.31. The Labute approximate surface area is 125 Å². The summed E-state index contributed by atoms with van der Waals surface area (Å²) in [7, 11) is 0. The molecule has 19 heavy (non-hydrogen) atoms. The summed E-state index contributed by atoms with van der Waals surface area (Å²) in [4.78, 5) is 0. The van der Waals surface area contributed by atoms with E-state index >= 15 is 0 Å². The Balaban J connectivity index is 2.14. The maximum atomic E-state index is 13.0. The average molecular weight is 320 g/mol. The molecule has 0 aliphatic heterocycles. The lowest BCUT2D eigenvalue weighted by atomic mass is 10.2. The van der Waals surface area contributed by atoms with Gasteiger partial charge >= 0.3 is 0 Å². The molecule has 0 radical (unpaired) electrons. The number of rotatable bonds is 3. The molecule has 0 unspecified atom stereocenters. The van der Waals surface area contributed by atoms with Gasteiger partial charge in [-0.25, -0.2) is 4.39 Å². The molecule has 100 valence electrons. The molecule has 3 N–H and O–H groups in total. The molecule has 0 aliphatic rings. The van der Waals surface area contributed by atoms with Gasteiger partial charge in [0.15, 0.2) is 0 Å². The van der Waals surface area contributed by atoms with Crippen molar-refractivity contribution in [3.63, 3.8) is 0 Å². The lowest BCUT2D eigenvalue weighted by Crippen LogP contribution is -2.03. The predicted octanol–water partition coefficient (Wildman–Crippen LogP) is 4.98. The molecule has 0 heterocycles. The van der Waals surface area contributed by atoms with Crippen LogP contribution in [-0.4, -0.2) is 0 Å². The number of halogens is 4. The Morgan fingerprint density at radius 3 is 2.37 bits per heavy atom. The van der Waals surface area contributed by atoms with Gasteiger partial charge in [0.25, 0.3) is 0 Å². The molecule has 0 saturated heterocycles. The van der Waals surface area contributed by atoms with Crippen molar-refractivity contribution in [2.24, 2.45) is 0 Å². The first-order valence-electron chi connectivity index (χ1n) is 5.39. The van der Waals surface area contributed by atoms with Crippen LogP contribution in [0.2, 0.25) is 15.1 Å². The lowest BCUT2D eigenvalue weighted by Gasteiger charge is -2.11. The predicted molar refractivity (Wildman–Crippen MR) is 79.6 cm³/mol. The van der Waals surface area contributed by atoms with Crippen LogP contribution in [-0.2, 0) is 6.54 Å². The third-order valence-corrected chi connectivity index (χ3v) is 3.57. The fourth-order valence-electron chi connectivity index (χ4n) is 1.56. The van der Waals surface area contributed by atoms with Gasteiger partial charge < -0.3 is 11.1 Å². The van der Waals surface area contributed by atoms with E-state index in [0.29, 0.717) is 28.0 Å². The van der Waals surface area contributed by atoms with Crippen LogP contribution in [0.4, 0.5) is 15.8 Å². The largest absolute Gasteiger partial charge is 0.397 e. The summed E-state index contributed by atoms with van der Waals surface area (Å²) in [5.74, 6) is -0.445. The zero-order valence-corrected chi connectivity index (χ0v) is 12.0. The van der Waals surface area contributed by atoms with Crippen LogP contribution in [0.3, 0.4) is 0 Å². The molecule has 0 aromatic heterocycles. The second kappa shape index (κ2) is 5.87. The summed E-state index contributed by atoms with van der Waals surface area (Å²) in [6.45, 7) is 0.447. The van der Waals surface area contributed by atoms with Gasteiger partial charge in [-0.1, -0.05) is 40.9 Å². The third-order valence-electron chi connectivity index (χ3n) is 2.56. The number of hydrogen-bond acceptors (Lipinski definition) is 2. The second-order valence-corrected chi connectivity index (χ2v) is 5.18. The standard InChI is InChI=1S/C13H10Cl3FN2/c14-8-4-12(18)13(5-9(8)15)19-6-7-1-2-11(17)10(16)3-7/h1-5,19H,6,18H2. The third kappa shape index (κ3) is 3.44. The molecule has 0 fully saturated rings. The Kier molecular flexibility index (Phi) is 4.40. The fourth-order valence-corrected chi connectivity index (χ4v) is 2.10. The minimum atomic E-state index is -0.445. The molecule has 2 rings (SSSR count). The maximum Gasteiger partial charge on any atom is 0.141 e. The van der Waals surface area contributed by atoms with E-state index in [0.717, 1.165) is 5.56 Å². The Hall–Kier alpha value is -1.16. The van der Waals surface area contributed by atoms with Crippen LogP contribution < -0.4 is 11.1 Å². The molecule has 2 aromatic rings. The number of nitrogens with one attached hydrogen (secondary N) is 1. The molecular formula is C13H10Cl3FN2. The van der Waals surface area contributed by atoms with Crippen molar-refractivity contribution < 1.29 is 4.39 Å². The average Bonchev–Trinajstić information content (AvgIpc) is 2.36. The highest BCUT2D eigenvalue weighted by atomic mass is 35.5. The van der Waals surface area contributed by atoms with Gasteiger partial charge in [0, 0.05) is 6.54 Å². The van der Waals surface area contributed by atoms with Crippen LogP contribution in [0.1, 0.15) is 5.56 Å². The highest BCUT2D eigenvalue weighted by molar-refractivity contribution is 6.42. The van der Waals surface area contributed by atoms with Crippen molar-refractivity contribution in [2.45, 2.75) is 6.54 Å². The van der Waals surface area contributed by atoms with Crippen molar-refractivity contribution in [2.75, 3.05) is 11.1 Å². The SMILES string of the molecule is Nc1cc(Cl)c(Cl)cc1NCc1ccc(F)c(Cl)c1. The van der Waals surface area contributed by atoms with Crippen LogP contribution in [0.5, 0.6) is 0 Å². The first-order chi connectivity index (χ1) is 8.97. The molecule has 0 aliphatic carbocycles. The zero-order chi connectivity index (χ0) is 14.0. The molecule has 2 nitrogen and oxygen atoms in total. The Morgan fingerprint density at radius 2 is 1.68 bits per heavy atom. The van der Waals surface area contributed by atoms with E-state index in [2.05, 4.69) is 5.32 Å². The van der Waals surface area contributed by atoms with Crippen molar-refractivity contribution in [1.82, 2.24) is 0 Å². The van der Waals surface area contributed by atoms with E-state index < -0.39 is 5.82 Å². The van der Waals surface area contributed by atoms with Gasteiger partial charge in [-0.05, 0) is 29.8 Å². The van der Waals surface area contributed by atoms with Crippen LogP contribution in [0.25, 0.3) is 0 Å². The summed E-state index contributed by atoms with van der Waals surface area (Å²) in [5, 5.41) is 3.99. The van der Waals surface area contributed by atoms with Crippen LogP contribution in [0.15, 0.2) is 30.3 Å². The van der Waals surface area contributed by atoms with Gasteiger partial charge in [0.1, 0.15) is 5.82 Å². The van der Waals surface area contributed by atoms with Crippen LogP contribution >= 0.6 is 34.8 Å². The summed E-state index contributed by atoms with van der Waals surface area (Å²) < 4.78 is 13.0. The smallest absolute Gasteiger partial charge is 0.141 e. The molecule has 0 amide bonds. The van der Waals surface area contributed by atoms with E-state index in [-0.39, 0.29) is 5.02 Å². The molecule has 2 aromatic carbocycles. The number of hydrogen-bond donors (Lipinski definition) is 2. The normalized spacial score (nSPS) is 10.5. The van der Waals surface area contributed by atoms with E-state index in [4.69, 9.17) is 40.5 Å². The van der Waals surface area contributed by atoms with Gasteiger partial charge in [0.2, 0.25) is 0 Å². The number of anilines is 2. The second-order valence-electron chi connectivity index (χ2n) is 3.96. The van der Waals surface area contributed by atoms with Gasteiger partial charge in [-0.2, -0.15) is 0 Å². The molecule has 0 atom stereocenters. The maximum absolute atomic E-state index is 13.0. The quantitative estimate of drug-likeness (QED) is 0.783. The first kappa shape index (κ1) is 14.3. The molecule has 0 spiro atoms. The van der Waals surface area contributed by atoms with E-state index in [1.165, 1.54) is 6.07 Å². The molecule has 0 bridgehead atoms. The molecule has 0 saturated carbocycles. The number of benzene rings is 2. The summed E-state index contributed by atoms with van der Waals surface area (Å²) in [6, 6.07) is 7.73. The van der Waals surface area contributed by atoms with Crippen molar-refractivity contribution in [3.05, 3.63) is 56.8 Å². The first-order valence-corrected chi connectivity index (χ1v) is 6.53. The molecule has 6 heteroatoms. The summed E-state index contributed by atoms with van der Waals surface area (Å²) >= 11 is 17.5. The highest BCUT2D eigenvalue weighted by Gasteiger charge is 2.06. The van der Waals surface area contributed by atoms with Gasteiger partial charge in [0.05, 0.1) is 26.4 Å². The van der Waals surface area contributed by atoms with Crippen molar-refractivity contribution in [3.8, 4) is 0 Å². The van der Waals surface area contributed by atoms with E-state index in [1.54, 1.807) is 24.3 Å². The Bertz CT molecular complexity index is 617. The number of nitrogen functional groups attached to an aromatic ring is 1. The zero-order valence-electron chi connectivity index (χ0n) is 9.68. The van der Waals surface area contributed by atoms with Crippen molar-refractivity contribution in [1.29, 1.82) is 0 Å². The molecular weight excluding hydrogens is 310 g/mol. The topological polar surface area (TPSA) is 38.0 Å². The fraction of sp³-hybridized carbons (Fsp3) is 0.0769. The lowest BCUT2D eigenvalue weighted by molar-refractivity contribution is 0.627. The van der Waals surface area contributed by atoms with E-state index in [1.807, 2.05) is 0 Å². The van der Waals surface area contributed by atoms with Gasteiger partial charge in [-0.15, -0.1) is 0 Å². The van der Waals surface area contributed by atoms with Gasteiger partial charge in [-0.3, -0.25) is 0 Å². The van der Waals surface area contributed by atoms with Crippen molar-refractivity contribution >= 4 is 46.2 Å². The monoisotopic (exact) mass is 318 g/mol. The van der Waals surface area contributed by atoms with E-state index in [9.17, 15) is 4.39 Å². The summed E-state index contributed by atoms with van der Waals surface area (Å²) in [5.41, 5.74) is 7.80. The van der Waals surface area contributed by atoms with Crippen LogP contribution in [0, 0.1) is 5.82 Å².